The average Bonchev–Trinajstić information content (AvgIpc) is 3.30. The van der Waals surface area contributed by atoms with Gasteiger partial charge < -0.3 is 4.90 Å². The molecular weight excluding hydrogens is 355 g/mol. The van der Waals surface area contributed by atoms with Crippen LogP contribution in [-0.4, -0.2) is 45.1 Å². The van der Waals surface area contributed by atoms with Crippen molar-refractivity contribution < 1.29 is 9.18 Å². The largest absolute Gasteiger partial charge is 0.336 e. The van der Waals surface area contributed by atoms with Gasteiger partial charge in [-0.3, -0.25) is 14.4 Å². The molecule has 0 bridgehead atoms. The van der Waals surface area contributed by atoms with E-state index in [9.17, 15) is 9.18 Å². The Balaban J connectivity index is 1.52. The van der Waals surface area contributed by atoms with E-state index in [0.717, 1.165) is 31.6 Å². The normalized spacial score (nSPS) is 17.4. The zero-order chi connectivity index (χ0) is 19.7. The summed E-state index contributed by atoms with van der Waals surface area (Å²) in [6.45, 7) is 8.80. The lowest BCUT2D eigenvalue weighted by atomic mass is 10.0. The monoisotopic (exact) mass is 384 g/mol. The summed E-state index contributed by atoms with van der Waals surface area (Å²) >= 11 is 0. The number of carbonyl (C=O) groups is 1. The number of rotatable bonds is 5. The fraction of sp³-hybridized carbons (Fsp3) is 0.545. The molecule has 3 heterocycles. The van der Waals surface area contributed by atoms with Crippen molar-refractivity contribution in [1.29, 1.82) is 0 Å². The van der Waals surface area contributed by atoms with E-state index in [4.69, 9.17) is 5.10 Å². The van der Waals surface area contributed by atoms with Crippen LogP contribution in [0.3, 0.4) is 0 Å². The van der Waals surface area contributed by atoms with Gasteiger partial charge in [0.05, 0.1) is 24.4 Å². The molecule has 1 fully saturated rings. The first-order chi connectivity index (χ1) is 13.5. The topological polar surface area (TPSA) is 41.4 Å². The minimum Gasteiger partial charge on any atom is -0.336 e. The summed E-state index contributed by atoms with van der Waals surface area (Å²) in [5, 5.41) is 4.93. The van der Waals surface area contributed by atoms with Gasteiger partial charge in [-0.25, -0.2) is 4.39 Å². The Morgan fingerprint density at radius 1 is 1.21 bits per heavy atom. The molecule has 1 amide bonds. The first kappa shape index (κ1) is 19.1. The minimum absolute atomic E-state index is 0.0499. The summed E-state index contributed by atoms with van der Waals surface area (Å²) in [5.41, 5.74) is 4.41. The van der Waals surface area contributed by atoms with Crippen LogP contribution in [0, 0.1) is 5.82 Å². The molecule has 5 nitrogen and oxygen atoms in total. The molecule has 0 radical (unpaired) electrons. The van der Waals surface area contributed by atoms with Crippen molar-refractivity contribution in [2.45, 2.75) is 58.7 Å². The molecule has 4 rings (SSSR count). The van der Waals surface area contributed by atoms with E-state index in [0.29, 0.717) is 13.1 Å². The second-order valence-electron chi connectivity index (χ2n) is 8.27. The van der Waals surface area contributed by atoms with E-state index in [1.807, 2.05) is 11.0 Å². The number of fused-ring (bicyclic) bond motifs is 1. The summed E-state index contributed by atoms with van der Waals surface area (Å²) in [7, 11) is 0. The lowest BCUT2D eigenvalue weighted by Gasteiger charge is -2.29. The number of halogens is 1. The van der Waals surface area contributed by atoms with Crippen molar-refractivity contribution in [2.24, 2.45) is 0 Å². The standard InChI is InChI=1S/C22H29FN4O/c1-16(2)27-21-15-26(22(28)13-17-6-5-7-18(23)12-17)11-8-19(21)20(24-27)14-25-9-3-4-10-25/h5-7,12,16H,3-4,8-11,13-15H2,1-2H3. The van der Waals surface area contributed by atoms with Crippen molar-refractivity contribution in [3.05, 3.63) is 52.6 Å². The minimum atomic E-state index is -0.296. The van der Waals surface area contributed by atoms with E-state index in [-0.39, 0.29) is 24.2 Å². The Labute approximate surface area is 166 Å². The lowest BCUT2D eigenvalue weighted by molar-refractivity contribution is -0.131. The van der Waals surface area contributed by atoms with Gasteiger partial charge in [0.15, 0.2) is 0 Å². The van der Waals surface area contributed by atoms with Crippen molar-refractivity contribution in [3.63, 3.8) is 0 Å². The second-order valence-corrected chi connectivity index (χ2v) is 8.27. The quantitative estimate of drug-likeness (QED) is 0.794. The number of aromatic nitrogens is 2. The molecule has 0 aliphatic carbocycles. The smallest absolute Gasteiger partial charge is 0.227 e. The molecular formula is C22H29FN4O. The van der Waals surface area contributed by atoms with Gasteiger partial charge in [0.25, 0.3) is 0 Å². The highest BCUT2D eigenvalue weighted by atomic mass is 19.1. The molecule has 2 aliphatic heterocycles. The number of hydrogen-bond donors (Lipinski definition) is 0. The molecule has 0 saturated carbocycles. The van der Waals surface area contributed by atoms with Crippen molar-refractivity contribution in [2.75, 3.05) is 19.6 Å². The van der Waals surface area contributed by atoms with Gasteiger partial charge in [-0.15, -0.1) is 0 Å². The summed E-state index contributed by atoms with van der Waals surface area (Å²) in [6, 6.07) is 6.58. The highest BCUT2D eigenvalue weighted by molar-refractivity contribution is 5.79. The molecule has 28 heavy (non-hydrogen) atoms. The lowest BCUT2D eigenvalue weighted by Crippen LogP contribution is -2.38. The van der Waals surface area contributed by atoms with E-state index < -0.39 is 0 Å². The summed E-state index contributed by atoms with van der Waals surface area (Å²) in [6.07, 6.45) is 3.63. The van der Waals surface area contributed by atoms with Crippen LogP contribution in [-0.2, 0) is 30.7 Å². The summed E-state index contributed by atoms with van der Waals surface area (Å²) in [5.74, 6) is -0.246. The molecule has 0 spiro atoms. The number of amides is 1. The van der Waals surface area contributed by atoms with Gasteiger partial charge in [0.2, 0.25) is 5.91 Å². The predicted octanol–water partition coefficient (Wildman–Crippen LogP) is 3.33. The van der Waals surface area contributed by atoms with Crippen LogP contribution < -0.4 is 0 Å². The van der Waals surface area contributed by atoms with E-state index in [1.165, 1.54) is 41.9 Å². The average molecular weight is 384 g/mol. The molecule has 0 unspecified atom stereocenters. The first-order valence-electron chi connectivity index (χ1n) is 10.3. The number of nitrogens with zero attached hydrogens (tertiary/aromatic N) is 4. The second kappa shape index (κ2) is 8.03. The third kappa shape index (κ3) is 3.97. The summed E-state index contributed by atoms with van der Waals surface area (Å²) in [4.78, 5) is 17.2. The van der Waals surface area contributed by atoms with E-state index in [2.05, 4.69) is 23.4 Å². The third-order valence-corrected chi connectivity index (χ3v) is 5.83. The van der Waals surface area contributed by atoms with Gasteiger partial charge in [0, 0.05) is 24.7 Å². The van der Waals surface area contributed by atoms with Gasteiger partial charge in [0.1, 0.15) is 5.82 Å². The Hall–Kier alpha value is -2.21. The Morgan fingerprint density at radius 3 is 2.71 bits per heavy atom. The molecule has 6 heteroatoms. The van der Waals surface area contributed by atoms with Gasteiger partial charge >= 0.3 is 0 Å². The van der Waals surface area contributed by atoms with Crippen LogP contribution in [0.15, 0.2) is 24.3 Å². The van der Waals surface area contributed by atoms with Crippen LogP contribution in [0.2, 0.25) is 0 Å². The van der Waals surface area contributed by atoms with Crippen LogP contribution in [0.1, 0.15) is 55.2 Å². The zero-order valence-corrected chi connectivity index (χ0v) is 16.8. The molecule has 0 N–H and O–H groups in total. The summed E-state index contributed by atoms with van der Waals surface area (Å²) < 4.78 is 15.5. The molecule has 2 aromatic rings. The number of carbonyl (C=O) groups excluding carboxylic acids is 1. The van der Waals surface area contributed by atoms with E-state index in [1.54, 1.807) is 6.07 Å². The highest BCUT2D eigenvalue weighted by Crippen LogP contribution is 2.27. The predicted molar refractivity (Wildman–Crippen MR) is 106 cm³/mol. The third-order valence-electron chi connectivity index (χ3n) is 5.83. The molecule has 0 atom stereocenters. The maximum absolute atomic E-state index is 13.4. The number of hydrogen-bond acceptors (Lipinski definition) is 3. The Kier molecular flexibility index (Phi) is 5.49. The fourth-order valence-corrected chi connectivity index (χ4v) is 4.37. The zero-order valence-electron chi connectivity index (χ0n) is 16.8. The van der Waals surface area contributed by atoms with Gasteiger partial charge in [-0.1, -0.05) is 12.1 Å². The SMILES string of the molecule is CC(C)n1nc(CN2CCCC2)c2c1CN(C(=O)Cc1cccc(F)c1)CC2. The Morgan fingerprint density at radius 2 is 2.00 bits per heavy atom. The molecule has 2 aliphatic rings. The van der Waals surface area contributed by atoms with Crippen molar-refractivity contribution in [1.82, 2.24) is 19.6 Å². The number of likely N-dealkylation sites (tertiary alicyclic amines) is 1. The first-order valence-corrected chi connectivity index (χ1v) is 10.3. The van der Waals surface area contributed by atoms with Crippen LogP contribution >= 0.6 is 0 Å². The fourth-order valence-electron chi connectivity index (χ4n) is 4.37. The molecule has 1 saturated heterocycles. The Bertz CT molecular complexity index is 854. The van der Waals surface area contributed by atoms with Crippen LogP contribution in [0.25, 0.3) is 0 Å². The van der Waals surface area contributed by atoms with Crippen LogP contribution in [0.5, 0.6) is 0 Å². The van der Waals surface area contributed by atoms with Gasteiger partial charge in [-0.2, -0.15) is 5.10 Å². The van der Waals surface area contributed by atoms with Gasteiger partial charge in [-0.05, 0) is 63.9 Å². The van der Waals surface area contributed by atoms with Crippen molar-refractivity contribution in [3.8, 4) is 0 Å². The van der Waals surface area contributed by atoms with Crippen molar-refractivity contribution >= 4 is 5.91 Å². The number of benzene rings is 1. The van der Waals surface area contributed by atoms with E-state index >= 15 is 0 Å². The van der Waals surface area contributed by atoms with Crippen LogP contribution in [0.4, 0.5) is 4.39 Å². The molecule has 1 aromatic carbocycles. The maximum Gasteiger partial charge on any atom is 0.227 e. The molecule has 150 valence electrons. The maximum atomic E-state index is 13.4. The highest BCUT2D eigenvalue weighted by Gasteiger charge is 2.29. The molecule has 1 aromatic heterocycles.